The maximum absolute atomic E-state index is 12.8. The molecule has 0 aromatic rings. The number of carbonyl (C=O) groups excluding carboxylic acids is 2. The van der Waals surface area contributed by atoms with Gasteiger partial charge in [0, 0.05) is 12.8 Å². The summed E-state index contributed by atoms with van der Waals surface area (Å²) in [5.41, 5.74) is 0. The molecule has 0 spiro atoms. The molecule has 4 N–H and O–H groups in total. The fourth-order valence-corrected chi connectivity index (χ4v) is 7.17. The molecule has 1 fully saturated rings. The molecule has 0 aliphatic carbocycles. The van der Waals surface area contributed by atoms with Gasteiger partial charge in [0.05, 0.1) is 6.61 Å². The van der Waals surface area contributed by atoms with Crippen molar-refractivity contribution in [3.63, 3.8) is 0 Å². The van der Waals surface area contributed by atoms with Crippen LogP contribution in [0.1, 0.15) is 181 Å². The molecule has 1 aliphatic rings. The van der Waals surface area contributed by atoms with E-state index in [4.69, 9.17) is 18.9 Å². The summed E-state index contributed by atoms with van der Waals surface area (Å²) in [7, 11) is -4.60. The average molecular weight is 793 g/mol. The quantitative estimate of drug-likeness (QED) is 0.0211. The Hall–Kier alpha value is -1.61. The van der Waals surface area contributed by atoms with Gasteiger partial charge in [-0.05, 0) is 32.1 Å². The number of hydrogen-bond acceptors (Lipinski definition) is 11. The van der Waals surface area contributed by atoms with Crippen LogP contribution in [0.3, 0.4) is 0 Å². The normalized spacial score (nSPS) is 21.0. The minimum Gasteiger partial charge on any atom is -0.462 e. The third kappa shape index (κ3) is 27.1. The molecule has 12 nitrogen and oxygen atoms in total. The number of aliphatic hydroxyl groups is 3. The van der Waals surface area contributed by atoms with Crippen molar-refractivity contribution in [2.45, 2.75) is 218 Å². The van der Waals surface area contributed by atoms with Crippen LogP contribution in [-0.4, -0.2) is 96.0 Å². The number of aliphatic hydroxyl groups excluding tert-OH is 3. The highest BCUT2D eigenvalue weighted by Crippen LogP contribution is 2.24. The van der Waals surface area contributed by atoms with E-state index in [1.165, 1.54) is 83.5 Å². The van der Waals surface area contributed by atoms with E-state index in [1.54, 1.807) is 0 Å². The molecule has 6 atom stereocenters. The Morgan fingerprint density at radius 2 is 1.07 bits per heavy atom. The molecule has 0 bridgehead atoms. The zero-order valence-electron chi connectivity index (χ0n) is 33.6. The number of rotatable bonds is 35. The summed E-state index contributed by atoms with van der Waals surface area (Å²) in [6.07, 6.45) is 22.7. The Morgan fingerprint density at radius 3 is 1.59 bits per heavy atom. The van der Waals surface area contributed by atoms with Gasteiger partial charge in [-0.2, -0.15) is 8.42 Å². The first-order valence-electron chi connectivity index (χ1n) is 21.2. The van der Waals surface area contributed by atoms with Crippen LogP contribution in [0.15, 0.2) is 12.2 Å². The number of carbonyl (C=O) groups is 2. The van der Waals surface area contributed by atoms with E-state index in [0.717, 1.165) is 57.8 Å². The second kappa shape index (κ2) is 32.5. The Kier molecular flexibility index (Phi) is 30.3. The average Bonchev–Trinajstić information content (AvgIpc) is 3.13. The minimum atomic E-state index is -4.60. The molecule has 318 valence electrons. The van der Waals surface area contributed by atoms with Crippen molar-refractivity contribution in [1.82, 2.24) is 0 Å². The second-order valence-electron chi connectivity index (χ2n) is 15.0. The zero-order valence-corrected chi connectivity index (χ0v) is 34.4. The molecule has 1 saturated heterocycles. The lowest BCUT2D eigenvalue weighted by Gasteiger charge is -2.40. The number of unbranched alkanes of at least 4 members (excludes halogenated alkanes) is 21. The lowest BCUT2D eigenvalue weighted by atomic mass is 10.00. The van der Waals surface area contributed by atoms with Gasteiger partial charge in [0.15, 0.2) is 12.4 Å². The maximum atomic E-state index is 12.8. The number of ether oxygens (including phenoxy) is 4. The summed E-state index contributed by atoms with van der Waals surface area (Å²) < 4.78 is 53.9. The Balaban J connectivity index is 2.47. The number of esters is 2. The van der Waals surface area contributed by atoms with Crippen molar-refractivity contribution in [1.29, 1.82) is 0 Å². The van der Waals surface area contributed by atoms with E-state index in [2.05, 4.69) is 26.0 Å². The van der Waals surface area contributed by atoms with Gasteiger partial charge in [-0.15, -0.1) is 0 Å². The Labute approximate surface area is 326 Å². The lowest BCUT2D eigenvalue weighted by molar-refractivity contribution is -0.297. The zero-order chi connectivity index (χ0) is 39.9. The molecule has 2 unspecified atom stereocenters. The van der Waals surface area contributed by atoms with Crippen LogP contribution in [0, 0.1) is 0 Å². The van der Waals surface area contributed by atoms with Gasteiger partial charge in [0.2, 0.25) is 0 Å². The highest BCUT2D eigenvalue weighted by atomic mass is 32.2. The van der Waals surface area contributed by atoms with E-state index < -0.39 is 71.2 Å². The molecule has 0 saturated carbocycles. The van der Waals surface area contributed by atoms with Crippen molar-refractivity contribution in [2.24, 2.45) is 0 Å². The first kappa shape index (κ1) is 50.4. The summed E-state index contributed by atoms with van der Waals surface area (Å²) >= 11 is 0. The third-order valence-corrected chi connectivity index (χ3v) is 10.6. The fraction of sp³-hybridized carbons (Fsp3) is 0.902. The van der Waals surface area contributed by atoms with Crippen LogP contribution in [0.25, 0.3) is 0 Å². The topological polar surface area (TPSA) is 186 Å². The maximum Gasteiger partial charge on any atom is 0.306 e. The molecule has 0 radical (unpaired) electrons. The van der Waals surface area contributed by atoms with Gasteiger partial charge in [-0.3, -0.25) is 14.1 Å². The first-order chi connectivity index (χ1) is 26.0. The smallest absolute Gasteiger partial charge is 0.306 e. The van der Waals surface area contributed by atoms with Gasteiger partial charge in [0.1, 0.15) is 36.8 Å². The van der Waals surface area contributed by atoms with Crippen LogP contribution >= 0.6 is 0 Å². The molecule has 54 heavy (non-hydrogen) atoms. The van der Waals surface area contributed by atoms with E-state index in [-0.39, 0.29) is 19.4 Å². The van der Waals surface area contributed by atoms with Gasteiger partial charge >= 0.3 is 11.9 Å². The third-order valence-electron chi connectivity index (χ3n) is 9.85. The summed E-state index contributed by atoms with van der Waals surface area (Å²) in [5.74, 6) is -1.99. The summed E-state index contributed by atoms with van der Waals surface area (Å²) in [4.78, 5) is 25.3. The monoisotopic (exact) mass is 793 g/mol. The highest BCUT2D eigenvalue weighted by molar-refractivity contribution is 7.85. The van der Waals surface area contributed by atoms with E-state index in [9.17, 15) is 37.9 Å². The lowest BCUT2D eigenvalue weighted by Crippen LogP contribution is -2.60. The van der Waals surface area contributed by atoms with Crippen molar-refractivity contribution in [3.05, 3.63) is 12.2 Å². The van der Waals surface area contributed by atoms with Gasteiger partial charge < -0.3 is 34.3 Å². The standard InChI is InChI=1S/C41H76O12S/c1-3-5-7-9-11-13-15-16-17-18-20-22-24-26-28-30-37(43)52-34(31-50-36(42)29-27-25-23-21-19-14-12-10-8-6-4-2)32-51-41-40(46)39(45)38(44)35(53-41)33-54(47,48)49/h10,12,34-35,38-41,44-46H,3-9,11,13-33H2,1-2H3,(H,47,48,49)/b12-10+/t34-,35-,38-,39?,40?,41+/m1/s1. The molecular weight excluding hydrogens is 717 g/mol. The van der Waals surface area contributed by atoms with E-state index in [0.29, 0.717) is 12.8 Å². The molecule has 1 aliphatic heterocycles. The summed E-state index contributed by atoms with van der Waals surface area (Å²) in [5, 5.41) is 30.8. The van der Waals surface area contributed by atoms with Gasteiger partial charge in [0.25, 0.3) is 10.1 Å². The number of hydrogen-bond donors (Lipinski definition) is 4. The molecule has 1 rings (SSSR count). The Bertz CT molecular complexity index is 1070. The molecule has 0 aromatic heterocycles. The number of allylic oxidation sites excluding steroid dienone is 2. The SMILES string of the molecule is CCCC/C=C/CCCCCCCC(=O)OC[C@H](CO[C@H]1O[C@H](CS(=O)(=O)O)[C@@H](O)C(O)C1O)OC(=O)CCCCCCCCCCCCCCCCC. The van der Waals surface area contributed by atoms with Crippen molar-refractivity contribution >= 4 is 22.1 Å². The first-order valence-corrected chi connectivity index (χ1v) is 22.9. The second-order valence-corrected chi connectivity index (χ2v) is 16.5. The van der Waals surface area contributed by atoms with E-state index in [1.807, 2.05) is 0 Å². The van der Waals surface area contributed by atoms with Crippen LogP contribution < -0.4 is 0 Å². The van der Waals surface area contributed by atoms with Crippen molar-refractivity contribution in [2.75, 3.05) is 19.0 Å². The van der Waals surface area contributed by atoms with E-state index >= 15 is 0 Å². The van der Waals surface area contributed by atoms with Crippen molar-refractivity contribution < 1.29 is 56.8 Å². The fourth-order valence-electron chi connectivity index (χ4n) is 6.48. The minimum absolute atomic E-state index is 0.168. The largest absolute Gasteiger partial charge is 0.462 e. The van der Waals surface area contributed by atoms with Gasteiger partial charge in [-0.1, -0.05) is 148 Å². The summed E-state index contributed by atoms with van der Waals surface area (Å²) in [6.45, 7) is 3.71. The van der Waals surface area contributed by atoms with Crippen LogP contribution in [0.5, 0.6) is 0 Å². The molecule has 1 heterocycles. The molecule has 0 aromatic carbocycles. The predicted molar refractivity (Wildman–Crippen MR) is 210 cm³/mol. The van der Waals surface area contributed by atoms with Crippen molar-refractivity contribution in [3.8, 4) is 0 Å². The molecule has 13 heteroatoms. The highest BCUT2D eigenvalue weighted by Gasteiger charge is 2.46. The predicted octanol–water partition coefficient (Wildman–Crippen LogP) is 7.89. The molecule has 0 amide bonds. The summed E-state index contributed by atoms with van der Waals surface area (Å²) in [6, 6.07) is 0. The van der Waals surface area contributed by atoms with Crippen LogP contribution in [-0.2, 0) is 38.7 Å². The van der Waals surface area contributed by atoms with Crippen LogP contribution in [0.2, 0.25) is 0 Å². The Morgan fingerprint density at radius 1 is 0.611 bits per heavy atom. The molecular formula is C41H76O12S. The van der Waals surface area contributed by atoms with Gasteiger partial charge in [-0.25, -0.2) is 0 Å². The van der Waals surface area contributed by atoms with Crippen LogP contribution in [0.4, 0.5) is 0 Å².